The summed E-state index contributed by atoms with van der Waals surface area (Å²) in [7, 11) is -3.26. The fraction of sp³-hybridized carbons (Fsp3) is 0.280. The number of sulfonamides is 1. The summed E-state index contributed by atoms with van der Waals surface area (Å²) in [6.07, 6.45) is 4.13. The molecule has 0 fully saturated rings. The lowest BCUT2D eigenvalue weighted by Gasteiger charge is -2.28. The van der Waals surface area contributed by atoms with Gasteiger partial charge in [-0.15, -0.1) is 11.3 Å². The van der Waals surface area contributed by atoms with Crippen molar-refractivity contribution in [2.45, 2.75) is 38.1 Å². The summed E-state index contributed by atoms with van der Waals surface area (Å²) in [6, 6.07) is 3.60. The van der Waals surface area contributed by atoms with Crippen molar-refractivity contribution in [1.82, 2.24) is 4.98 Å². The van der Waals surface area contributed by atoms with Gasteiger partial charge in [-0.1, -0.05) is 19.9 Å². The number of carboxylic acid groups (broad SMARTS) is 1. The van der Waals surface area contributed by atoms with Crippen LogP contribution in [0.15, 0.2) is 40.7 Å². The number of halogens is 3. The number of thiazole rings is 1. The maximum Gasteiger partial charge on any atom is 0.338 e. The van der Waals surface area contributed by atoms with Gasteiger partial charge in [0.1, 0.15) is 28.2 Å². The molecule has 0 aliphatic heterocycles. The minimum absolute atomic E-state index is 0.0681. The van der Waals surface area contributed by atoms with Gasteiger partial charge in [-0.3, -0.25) is 4.72 Å². The number of nitrogens with zero attached hydrogens (tertiary/aromatic N) is 1. The van der Waals surface area contributed by atoms with Gasteiger partial charge in [0.05, 0.1) is 18.4 Å². The first-order valence-corrected chi connectivity index (χ1v) is 13.5. The van der Waals surface area contributed by atoms with Crippen LogP contribution >= 0.6 is 11.3 Å². The molecule has 4 rings (SSSR count). The van der Waals surface area contributed by atoms with Crippen LogP contribution in [0.4, 0.5) is 18.9 Å². The van der Waals surface area contributed by atoms with Crippen molar-refractivity contribution in [2.24, 2.45) is 5.41 Å². The average molecular weight is 553 g/mol. The molecule has 3 aromatic rings. The Hall–Kier alpha value is -3.38. The number of methoxy groups -OCH3 is 1. The Kier molecular flexibility index (Phi) is 7.08. The molecule has 0 saturated heterocycles. The molecule has 0 atom stereocenters. The molecule has 1 aliphatic rings. The standard InChI is InChI=1S/C25H23F3N2O5S2/c1-25(2)6-4-13(5-7-25)14-8-18(27)15(9-17(14)26)23-29-22(12-36-23)37(33,34)30-20-11-19(28)16(24(31)32)10-21(20)35-3/h4,8-12,30H,5-7H2,1-3H3,(H,31,32). The van der Waals surface area contributed by atoms with E-state index in [1.165, 1.54) is 0 Å². The van der Waals surface area contributed by atoms with Gasteiger partial charge < -0.3 is 9.84 Å². The van der Waals surface area contributed by atoms with Crippen LogP contribution in [0, 0.1) is 22.9 Å². The number of benzene rings is 2. The third kappa shape index (κ3) is 5.49. The van der Waals surface area contributed by atoms with Crippen molar-refractivity contribution in [3.05, 3.63) is 64.3 Å². The summed E-state index contributed by atoms with van der Waals surface area (Å²) in [5, 5.41) is 9.59. The molecule has 2 N–H and O–H groups in total. The Bertz CT molecular complexity index is 1530. The van der Waals surface area contributed by atoms with Gasteiger partial charge >= 0.3 is 5.97 Å². The minimum Gasteiger partial charge on any atom is -0.495 e. The van der Waals surface area contributed by atoms with Gasteiger partial charge in [0, 0.05) is 22.6 Å². The van der Waals surface area contributed by atoms with Crippen molar-refractivity contribution < 1.29 is 36.2 Å². The molecule has 37 heavy (non-hydrogen) atoms. The Morgan fingerprint density at radius 1 is 1.11 bits per heavy atom. The van der Waals surface area contributed by atoms with Crippen LogP contribution in [0.25, 0.3) is 16.1 Å². The zero-order valence-electron chi connectivity index (χ0n) is 20.1. The van der Waals surface area contributed by atoms with E-state index in [1.807, 2.05) is 6.08 Å². The first kappa shape index (κ1) is 26.7. The topological polar surface area (TPSA) is 106 Å². The molecular weight excluding hydrogens is 529 g/mol. The normalized spacial score (nSPS) is 15.2. The molecule has 1 heterocycles. The van der Waals surface area contributed by atoms with E-state index < -0.39 is 44.0 Å². The fourth-order valence-electron chi connectivity index (χ4n) is 3.95. The van der Waals surface area contributed by atoms with Crippen molar-refractivity contribution in [2.75, 3.05) is 11.8 Å². The number of rotatable bonds is 7. The molecule has 0 unspecified atom stereocenters. The van der Waals surface area contributed by atoms with E-state index in [0.717, 1.165) is 60.4 Å². The number of nitrogens with one attached hydrogen (secondary N) is 1. The second-order valence-electron chi connectivity index (χ2n) is 9.34. The van der Waals surface area contributed by atoms with E-state index in [-0.39, 0.29) is 33.0 Å². The van der Waals surface area contributed by atoms with Gasteiger partial charge in [0.15, 0.2) is 5.03 Å². The quantitative estimate of drug-likeness (QED) is 0.355. The Morgan fingerprint density at radius 3 is 2.41 bits per heavy atom. The number of ether oxygens (including phenoxy) is 1. The van der Waals surface area contributed by atoms with Crippen LogP contribution in [0.3, 0.4) is 0 Å². The van der Waals surface area contributed by atoms with Crippen molar-refractivity contribution >= 4 is 38.6 Å². The number of hydrogen-bond acceptors (Lipinski definition) is 6. The highest BCUT2D eigenvalue weighted by atomic mass is 32.2. The summed E-state index contributed by atoms with van der Waals surface area (Å²) in [6.45, 7) is 4.22. The summed E-state index contributed by atoms with van der Waals surface area (Å²) in [5.41, 5.74) is -0.261. The predicted octanol–water partition coefficient (Wildman–Crippen LogP) is 6.33. The summed E-state index contributed by atoms with van der Waals surface area (Å²) in [5.74, 6) is -4.36. The largest absolute Gasteiger partial charge is 0.495 e. The Balaban J connectivity index is 1.63. The van der Waals surface area contributed by atoms with Gasteiger partial charge in [0.2, 0.25) is 0 Å². The SMILES string of the molecule is COc1cc(C(=O)O)c(F)cc1NS(=O)(=O)c1csc(-c2cc(F)c(C3=CCC(C)(C)CC3)cc2F)n1. The molecular formula is C25H23F3N2O5S2. The van der Waals surface area contributed by atoms with Crippen LogP contribution < -0.4 is 9.46 Å². The smallest absolute Gasteiger partial charge is 0.338 e. The van der Waals surface area contributed by atoms with Crippen molar-refractivity contribution in [3.63, 3.8) is 0 Å². The van der Waals surface area contributed by atoms with Crippen LogP contribution in [-0.2, 0) is 10.0 Å². The second kappa shape index (κ2) is 9.82. The van der Waals surface area contributed by atoms with E-state index in [2.05, 4.69) is 23.6 Å². The Morgan fingerprint density at radius 2 is 1.78 bits per heavy atom. The van der Waals surface area contributed by atoms with Gasteiger partial charge in [0.25, 0.3) is 10.0 Å². The third-order valence-corrected chi connectivity index (χ3v) is 8.40. The summed E-state index contributed by atoms with van der Waals surface area (Å²) in [4.78, 5) is 15.1. The highest BCUT2D eigenvalue weighted by Crippen LogP contribution is 2.40. The molecule has 0 saturated carbocycles. The van der Waals surface area contributed by atoms with Gasteiger partial charge in [-0.25, -0.2) is 22.9 Å². The number of allylic oxidation sites excluding steroid dienone is 2. The zero-order valence-corrected chi connectivity index (χ0v) is 21.7. The first-order chi connectivity index (χ1) is 17.3. The number of aromatic carboxylic acids is 1. The molecule has 1 aromatic heterocycles. The maximum absolute atomic E-state index is 15.0. The van der Waals surface area contributed by atoms with E-state index in [9.17, 15) is 22.0 Å². The zero-order chi connectivity index (χ0) is 27.1. The first-order valence-electron chi connectivity index (χ1n) is 11.1. The van der Waals surface area contributed by atoms with Gasteiger partial charge in [-0.05, 0) is 48.4 Å². The second-order valence-corrected chi connectivity index (χ2v) is 11.8. The molecule has 0 spiro atoms. The van der Waals surface area contributed by atoms with E-state index in [4.69, 9.17) is 9.84 Å². The number of carboxylic acids is 1. The van der Waals surface area contributed by atoms with Gasteiger partial charge in [-0.2, -0.15) is 8.42 Å². The van der Waals surface area contributed by atoms with E-state index in [1.54, 1.807) is 0 Å². The molecule has 1 aliphatic carbocycles. The highest BCUT2D eigenvalue weighted by Gasteiger charge is 2.26. The Labute approximate surface area is 215 Å². The average Bonchev–Trinajstić information content (AvgIpc) is 3.31. The predicted molar refractivity (Wildman–Crippen MR) is 134 cm³/mol. The third-order valence-electron chi connectivity index (χ3n) is 6.13. The lowest BCUT2D eigenvalue weighted by Crippen LogP contribution is -2.15. The molecule has 196 valence electrons. The van der Waals surface area contributed by atoms with Crippen LogP contribution in [0.5, 0.6) is 5.75 Å². The number of hydrogen-bond donors (Lipinski definition) is 2. The van der Waals surface area contributed by atoms with Crippen molar-refractivity contribution in [1.29, 1.82) is 0 Å². The van der Waals surface area contributed by atoms with E-state index >= 15 is 4.39 Å². The lowest BCUT2D eigenvalue weighted by atomic mass is 9.77. The molecule has 0 radical (unpaired) electrons. The molecule has 0 bridgehead atoms. The highest BCUT2D eigenvalue weighted by molar-refractivity contribution is 7.92. The number of carbonyl (C=O) groups is 1. The lowest BCUT2D eigenvalue weighted by molar-refractivity contribution is 0.0691. The fourth-order valence-corrected chi connectivity index (χ4v) is 6.12. The van der Waals surface area contributed by atoms with Crippen LogP contribution in [0.1, 0.15) is 49.0 Å². The maximum atomic E-state index is 15.0. The monoisotopic (exact) mass is 552 g/mol. The van der Waals surface area contributed by atoms with Crippen molar-refractivity contribution in [3.8, 4) is 16.3 Å². The number of aromatic nitrogens is 1. The minimum atomic E-state index is -4.41. The molecule has 2 aromatic carbocycles. The summed E-state index contributed by atoms with van der Waals surface area (Å²) < 4.78 is 77.0. The number of anilines is 1. The van der Waals surface area contributed by atoms with Crippen LogP contribution in [0.2, 0.25) is 0 Å². The van der Waals surface area contributed by atoms with E-state index in [0.29, 0.717) is 12.5 Å². The summed E-state index contributed by atoms with van der Waals surface area (Å²) >= 11 is 0.789. The molecule has 7 nitrogen and oxygen atoms in total. The molecule has 0 amide bonds. The van der Waals surface area contributed by atoms with Crippen LogP contribution in [-0.4, -0.2) is 31.6 Å². The molecule has 12 heteroatoms.